The number of phenols is 1. The Labute approximate surface area is 257 Å². The summed E-state index contributed by atoms with van der Waals surface area (Å²) in [6.07, 6.45) is -8.02. The Morgan fingerprint density at radius 2 is 1.71 bits per heavy atom. The predicted molar refractivity (Wildman–Crippen MR) is 153 cm³/mol. The summed E-state index contributed by atoms with van der Waals surface area (Å²) in [6.45, 7) is 3.05. The predicted octanol–water partition coefficient (Wildman–Crippen LogP) is 0.108. The van der Waals surface area contributed by atoms with Crippen LogP contribution in [0.25, 0.3) is 6.08 Å². The van der Waals surface area contributed by atoms with Gasteiger partial charge in [0.2, 0.25) is 12.2 Å². The first kappa shape index (κ1) is 32.8. The topological polar surface area (TPSA) is 197 Å². The number of benzene rings is 2. The Kier molecular flexibility index (Phi) is 10.1. The van der Waals surface area contributed by atoms with E-state index in [1.54, 1.807) is 19.1 Å². The van der Waals surface area contributed by atoms with Crippen LogP contribution in [-0.2, 0) is 19.0 Å². The van der Waals surface area contributed by atoms with Crippen LogP contribution in [0.3, 0.4) is 0 Å². The second kappa shape index (κ2) is 13.8. The summed E-state index contributed by atoms with van der Waals surface area (Å²) in [5.74, 6) is -1.16. The van der Waals surface area contributed by atoms with E-state index < -0.39 is 72.9 Å². The summed E-state index contributed by atoms with van der Waals surface area (Å²) >= 11 is 0. The lowest BCUT2D eigenvalue weighted by Crippen LogP contribution is -2.67. The second-order valence-electron chi connectivity index (χ2n) is 11.1. The number of amides is 1. The molecule has 244 valence electrons. The van der Waals surface area contributed by atoms with Gasteiger partial charge in [-0.15, -0.1) is 0 Å². The van der Waals surface area contributed by atoms with Gasteiger partial charge in [-0.05, 0) is 61.4 Å². The molecule has 2 saturated heterocycles. The number of carbonyl (C=O) groups is 1. The van der Waals surface area contributed by atoms with E-state index in [1.165, 1.54) is 49.4 Å². The van der Waals surface area contributed by atoms with Crippen molar-refractivity contribution in [2.45, 2.75) is 75.0 Å². The molecule has 5 rings (SSSR count). The molecule has 1 aliphatic carbocycles. The van der Waals surface area contributed by atoms with Crippen molar-refractivity contribution in [3.8, 4) is 17.2 Å². The van der Waals surface area contributed by atoms with Crippen LogP contribution < -0.4 is 14.8 Å². The van der Waals surface area contributed by atoms with Gasteiger partial charge < -0.3 is 59.6 Å². The molecule has 2 aromatic carbocycles. The summed E-state index contributed by atoms with van der Waals surface area (Å²) in [4.78, 5) is 12.9. The first-order valence-electron chi connectivity index (χ1n) is 14.3. The lowest BCUT2D eigenvalue weighted by atomic mass is 9.83. The molecule has 0 bridgehead atoms. The smallest absolute Gasteiger partial charge is 0.247 e. The van der Waals surface area contributed by atoms with Crippen LogP contribution in [-0.4, -0.2) is 111 Å². The van der Waals surface area contributed by atoms with Gasteiger partial charge in [0.25, 0.3) is 0 Å². The third-order valence-corrected chi connectivity index (χ3v) is 7.99. The van der Waals surface area contributed by atoms with Crippen molar-refractivity contribution in [2.75, 3.05) is 13.4 Å². The van der Waals surface area contributed by atoms with Crippen molar-refractivity contribution in [1.82, 2.24) is 5.32 Å². The van der Waals surface area contributed by atoms with E-state index in [4.69, 9.17) is 23.7 Å². The number of halogens is 1. The van der Waals surface area contributed by atoms with Crippen molar-refractivity contribution in [1.29, 1.82) is 0 Å². The summed E-state index contributed by atoms with van der Waals surface area (Å²) in [5, 5.41) is 65.5. The van der Waals surface area contributed by atoms with E-state index in [1.807, 2.05) is 0 Å². The number of ether oxygens (including phenoxy) is 5. The highest BCUT2D eigenvalue weighted by atomic mass is 19.1. The van der Waals surface area contributed by atoms with Crippen LogP contribution in [0.1, 0.15) is 19.4 Å². The average Bonchev–Trinajstić information content (AvgIpc) is 3.61. The fraction of sp³-hybridized carbons (Fsp3) is 0.452. The minimum Gasteiger partial charge on any atom is -0.504 e. The lowest BCUT2D eigenvalue weighted by molar-refractivity contribution is -0.155. The standard InChI is InChI=1S/C31H36FNO12/c1-14(8-9-41-18-5-3-4-17(32)12-18)27-25(38)26(39)31(45-27)44-20-7-6-16(11-19(20)34)10-15(2)30(40)33-21-22(35)24(37)29-28(23(21)36)42-13-43-29/h3-8,10-12,21-29,31,34-39H,9,13H2,1-2H3,(H,33,40)/t21-,22+,23-,24+,25+,26+,27-,28+,29-,31-/m1/s1. The second-order valence-corrected chi connectivity index (χ2v) is 11.1. The van der Waals surface area contributed by atoms with Gasteiger partial charge in [0.15, 0.2) is 11.5 Å². The van der Waals surface area contributed by atoms with Gasteiger partial charge in [-0.1, -0.05) is 12.1 Å². The van der Waals surface area contributed by atoms with Crippen LogP contribution in [0.15, 0.2) is 59.7 Å². The monoisotopic (exact) mass is 633 g/mol. The number of nitrogens with one attached hydrogen (secondary N) is 1. The molecular formula is C31H36FNO12. The Morgan fingerprint density at radius 3 is 2.42 bits per heavy atom. The molecule has 1 saturated carbocycles. The Bertz CT molecular complexity index is 1440. The Hall–Kier alpha value is -3.60. The zero-order chi connectivity index (χ0) is 32.4. The molecule has 7 N–H and O–H groups in total. The maximum Gasteiger partial charge on any atom is 0.247 e. The summed E-state index contributed by atoms with van der Waals surface area (Å²) in [6, 6.07) is 8.63. The lowest BCUT2D eigenvalue weighted by Gasteiger charge is -2.41. The van der Waals surface area contributed by atoms with Crippen LogP contribution in [0, 0.1) is 5.82 Å². The molecule has 0 aromatic heterocycles. The van der Waals surface area contributed by atoms with E-state index in [2.05, 4.69) is 5.32 Å². The van der Waals surface area contributed by atoms with Crippen LogP contribution in [0.2, 0.25) is 0 Å². The summed E-state index contributed by atoms with van der Waals surface area (Å²) < 4.78 is 40.7. The third kappa shape index (κ3) is 7.13. The zero-order valence-corrected chi connectivity index (χ0v) is 24.4. The van der Waals surface area contributed by atoms with Gasteiger partial charge in [0.05, 0.1) is 6.04 Å². The molecule has 2 aromatic rings. The van der Waals surface area contributed by atoms with E-state index in [-0.39, 0.29) is 30.5 Å². The maximum atomic E-state index is 13.3. The molecule has 45 heavy (non-hydrogen) atoms. The molecule has 3 aliphatic rings. The molecule has 3 fully saturated rings. The van der Waals surface area contributed by atoms with E-state index in [0.717, 1.165) is 0 Å². The molecule has 10 atom stereocenters. The average molecular weight is 634 g/mol. The van der Waals surface area contributed by atoms with Crippen LogP contribution in [0.5, 0.6) is 17.2 Å². The zero-order valence-electron chi connectivity index (χ0n) is 24.4. The minimum absolute atomic E-state index is 0.0574. The molecule has 0 radical (unpaired) electrons. The number of aliphatic hydroxyl groups excluding tert-OH is 5. The van der Waals surface area contributed by atoms with Gasteiger partial charge in [0.1, 0.15) is 73.8 Å². The molecule has 14 heteroatoms. The first-order chi connectivity index (χ1) is 21.4. The molecule has 2 aliphatic heterocycles. The van der Waals surface area contributed by atoms with Gasteiger partial charge in [-0.2, -0.15) is 0 Å². The number of rotatable bonds is 9. The maximum absolute atomic E-state index is 13.3. The number of carbonyl (C=O) groups excluding carboxylic acids is 1. The molecule has 13 nitrogen and oxygen atoms in total. The van der Waals surface area contributed by atoms with E-state index in [0.29, 0.717) is 16.9 Å². The van der Waals surface area contributed by atoms with Crippen LogP contribution >= 0.6 is 0 Å². The largest absolute Gasteiger partial charge is 0.504 e. The van der Waals surface area contributed by atoms with Gasteiger partial charge in [0, 0.05) is 11.6 Å². The highest BCUT2D eigenvalue weighted by Gasteiger charge is 2.53. The highest BCUT2D eigenvalue weighted by molar-refractivity contribution is 5.97. The van der Waals surface area contributed by atoms with Crippen molar-refractivity contribution < 1.29 is 63.5 Å². The Balaban J connectivity index is 1.18. The highest BCUT2D eigenvalue weighted by Crippen LogP contribution is 2.34. The van der Waals surface area contributed by atoms with Gasteiger partial charge >= 0.3 is 0 Å². The van der Waals surface area contributed by atoms with Gasteiger partial charge in [-0.3, -0.25) is 4.79 Å². The van der Waals surface area contributed by atoms with Crippen molar-refractivity contribution in [3.05, 3.63) is 71.1 Å². The Morgan fingerprint density at radius 1 is 0.978 bits per heavy atom. The van der Waals surface area contributed by atoms with E-state index >= 15 is 0 Å². The first-order valence-corrected chi connectivity index (χ1v) is 14.3. The number of hydrogen-bond donors (Lipinski definition) is 7. The third-order valence-electron chi connectivity index (χ3n) is 7.99. The van der Waals surface area contributed by atoms with Gasteiger partial charge in [-0.25, -0.2) is 4.39 Å². The van der Waals surface area contributed by atoms with Crippen molar-refractivity contribution in [2.24, 2.45) is 0 Å². The normalized spacial score (nSPS) is 33.5. The van der Waals surface area contributed by atoms with Crippen molar-refractivity contribution >= 4 is 12.0 Å². The molecular weight excluding hydrogens is 597 g/mol. The van der Waals surface area contributed by atoms with Crippen LogP contribution in [0.4, 0.5) is 4.39 Å². The number of aromatic hydroxyl groups is 1. The molecule has 1 amide bonds. The summed E-state index contributed by atoms with van der Waals surface area (Å²) in [7, 11) is 0. The van der Waals surface area contributed by atoms with Crippen molar-refractivity contribution in [3.63, 3.8) is 0 Å². The number of phenolic OH excluding ortho intramolecular Hbond substituents is 1. The minimum atomic E-state index is -1.50. The number of hydrogen-bond acceptors (Lipinski definition) is 12. The van der Waals surface area contributed by atoms with E-state index in [9.17, 15) is 39.8 Å². The fourth-order valence-corrected chi connectivity index (χ4v) is 5.45. The number of fused-ring (bicyclic) bond motifs is 1. The SMILES string of the molecule is CC(=Cc1ccc(O[C@@H]2O[C@H](C(C)=CCOc3cccc(F)c3)[C@@H](O)[C@@H]2O)c(O)c1)C(=O)N[C@@H]1[C@H](O)[C@H](O)[C@H]2OCO[C@H]2[C@@H]1O. The quantitative estimate of drug-likeness (QED) is 0.146. The fourth-order valence-electron chi connectivity index (χ4n) is 5.45. The summed E-state index contributed by atoms with van der Waals surface area (Å²) in [5.41, 5.74) is 1.09. The molecule has 0 spiro atoms. The molecule has 0 unspecified atom stereocenters. The molecule has 2 heterocycles. The number of aliphatic hydroxyl groups is 5.